The summed E-state index contributed by atoms with van der Waals surface area (Å²) in [6.07, 6.45) is -0.340. The number of methoxy groups -OCH3 is 1. The Balaban J connectivity index is 2.23. The Hall–Kier alpha value is -1.43. The highest BCUT2D eigenvalue weighted by Gasteiger charge is 2.35. The fraction of sp³-hybridized carbons (Fsp3) is 0.562. The largest absolute Gasteiger partial charge is 0.394 e. The molecule has 1 aliphatic heterocycles. The van der Waals surface area contributed by atoms with E-state index >= 15 is 0 Å². The van der Waals surface area contributed by atoms with Gasteiger partial charge in [-0.2, -0.15) is 0 Å². The first kappa shape index (κ1) is 15.9. The lowest BCUT2D eigenvalue weighted by atomic mass is 10.0. The molecule has 0 aliphatic carbocycles. The second-order valence-corrected chi connectivity index (χ2v) is 5.96. The van der Waals surface area contributed by atoms with Crippen LogP contribution in [0.5, 0.6) is 0 Å². The number of aliphatic hydroxyl groups excluding tert-OH is 1. The van der Waals surface area contributed by atoms with Crippen molar-refractivity contribution in [2.75, 3.05) is 26.8 Å². The van der Waals surface area contributed by atoms with E-state index < -0.39 is 5.60 Å². The van der Waals surface area contributed by atoms with E-state index in [1.165, 1.54) is 0 Å². The summed E-state index contributed by atoms with van der Waals surface area (Å²) in [6.45, 7) is 5.07. The molecule has 2 rings (SSSR count). The SMILES string of the molecule is COCc1ccccc1C(=O)N1CC(CO)OC(C)(C)C1. The van der Waals surface area contributed by atoms with E-state index in [0.29, 0.717) is 25.3 Å². The van der Waals surface area contributed by atoms with Gasteiger partial charge in [-0.1, -0.05) is 18.2 Å². The molecule has 21 heavy (non-hydrogen) atoms. The van der Waals surface area contributed by atoms with Crippen molar-refractivity contribution in [3.05, 3.63) is 35.4 Å². The number of benzene rings is 1. The first-order valence-corrected chi connectivity index (χ1v) is 7.11. The van der Waals surface area contributed by atoms with Crippen LogP contribution in [0.2, 0.25) is 0 Å². The first-order chi connectivity index (χ1) is 9.96. The third-order valence-electron chi connectivity index (χ3n) is 3.52. The van der Waals surface area contributed by atoms with Crippen LogP contribution in [0, 0.1) is 0 Å². The van der Waals surface area contributed by atoms with Gasteiger partial charge in [0.05, 0.1) is 24.9 Å². The molecule has 1 amide bonds. The second kappa shape index (κ2) is 6.56. The van der Waals surface area contributed by atoms with Crippen LogP contribution in [0.1, 0.15) is 29.8 Å². The van der Waals surface area contributed by atoms with E-state index in [4.69, 9.17) is 9.47 Å². The van der Waals surface area contributed by atoms with E-state index in [2.05, 4.69) is 0 Å². The van der Waals surface area contributed by atoms with Gasteiger partial charge in [0.15, 0.2) is 0 Å². The normalized spacial score (nSPS) is 21.3. The third kappa shape index (κ3) is 3.81. The van der Waals surface area contributed by atoms with E-state index in [0.717, 1.165) is 5.56 Å². The summed E-state index contributed by atoms with van der Waals surface area (Å²) in [4.78, 5) is 14.5. The number of aliphatic hydroxyl groups is 1. The molecular formula is C16H23NO4. The lowest BCUT2D eigenvalue weighted by Crippen LogP contribution is -2.55. The zero-order chi connectivity index (χ0) is 15.5. The molecule has 1 N–H and O–H groups in total. The van der Waals surface area contributed by atoms with Gasteiger partial charge in [0.1, 0.15) is 0 Å². The van der Waals surface area contributed by atoms with Crippen molar-refractivity contribution >= 4 is 5.91 Å². The number of carbonyl (C=O) groups is 1. The van der Waals surface area contributed by atoms with E-state index in [1.54, 1.807) is 12.0 Å². The van der Waals surface area contributed by atoms with Gasteiger partial charge >= 0.3 is 0 Å². The third-order valence-corrected chi connectivity index (χ3v) is 3.52. The average molecular weight is 293 g/mol. The summed E-state index contributed by atoms with van der Waals surface area (Å²) in [5.74, 6) is -0.0440. The molecule has 1 heterocycles. The van der Waals surface area contributed by atoms with Crippen LogP contribution in [0.3, 0.4) is 0 Å². The molecule has 1 atom stereocenters. The van der Waals surface area contributed by atoms with Gasteiger partial charge in [0.25, 0.3) is 5.91 Å². The molecule has 0 aromatic heterocycles. The Labute approximate surface area is 125 Å². The van der Waals surface area contributed by atoms with Gasteiger partial charge in [-0.15, -0.1) is 0 Å². The summed E-state index contributed by atoms with van der Waals surface area (Å²) in [6, 6.07) is 7.45. The number of nitrogens with zero attached hydrogens (tertiary/aromatic N) is 1. The lowest BCUT2D eigenvalue weighted by molar-refractivity contribution is -0.139. The van der Waals surface area contributed by atoms with E-state index in [1.807, 2.05) is 38.1 Å². The smallest absolute Gasteiger partial charge is 0.254 e. The molecule has 1 saturated heterocycles. The van der Waals surface area contributed by atoms with Gasteiger partial charge in [-0.3, -0.25) is 4.79 Å². The van der Waals surface area contributed by atoms with Crippen molar-refractivity contribution in [1.29, 1.82) is 0 Å². The number of hydrogen-bond donors (Lipinski definition) is 1. The Morgan fingerprint density at radius 3 is 2.86 bits per heavy atom. The maximum atomic E-state index is 12.8. The quantitative estimate of drug-likeness (QED) is 0.912. The predicted molar refractivity (Wildman–Crippen MR) is 79.1 cm³/mol. The van der Waals surface area contributed by atoms with Gasteiger partial charge in [0, 0.05) is 25.8 Å². The van der Waals surface area contributed by atoms with Crippen molar-refractivity contribution in [1.82, 2.24) is 4.90 Å². The molecule has 1 aromatic rings. The van der Waals surface area contributed by atoms with Crippen LogP contribution in [0.25, 0.3) is 0 Å². The molecule has 1 unspecified atom stereocenters. The highest BCUT2D eigenvalue weighted by atomic mass is 16.5. The van der Waals surface area contributed by atoms with Crippen molar-refractivity contribution in [3.8, 4) is 0 Å². The van der Waals surface area contributed by atoms with Gasteiger partial charge < -0.3 is 19.5 Å². The number of ether oxygens (including phenoxy) is 2. The van der Waals surface area contributed by atoms with Crippen molar-refractivity contribution in [2.24, 2.45) is 0 Å². The van der Waals surface area contributed by atoms with Crippen LogP contribution in [-0.4, -0.2) is 54.4 Å². The number of carbonyl (C=O) groups excluding carboxylic acids is 1. The van der Waals surface area contributed by atoms with Gasteiger partial charge in [-0.05, 0) is 25.5 Å². The molecule has 0 spiro atoms. The molecule has 0 bridgehead atoms. The maximum Gasteiger partial charge on any atom is 0.254 e. The highest BCUT2D eigenvalue weighted by molar-refractivity contribution is 5.95. The zero-order valence-electron chi connectivity index (χ0n) is 12.8. The van der Waals surface area contributed by atoms with E-state index in [-0.39, 0.29) is 18.6 Å². The minimum absolute atomic E-state index is 0.0440. The minimum atomic E-state index is -0.461. The molecule has 0 radical (unpaired) electrons. The first-order valence-electron chi connectivity index (χ1n) is 7.11. The lowest BCUT2D eigenvalue weighted by Gasteiger charge is -2.42. The second-order valence-electron chi connectivity index (χ2n) is 5.96. The maximum absolute atomic E-state index is 12.8. The number of hydrogen-bond acceptors (Lipinski definition) is 4. The standard InChI is InChI=1S/C16H23NO4/c1-16(2)11-17(8-13(9-18)21-16)15(19)14-7-5-4-6-12(14)10-20-3/h4-7,13,18H,8-11H2,1-3H3. The topological polar surface area (TPSA) is 59.0 Å². The van der Waals surface area contributed by atoms with Crippen LogP contribution >= 0.6 is 0 Å². The highest BCUT2D eigenvalue weighted by Crippen LogP contribution is 2.23. The average Bonchev–Trinajstić information content (AvgIpc) is 2.45. The summed E-state index contributed by atoms with van der Waals surface area (Å²) in [5.41, 5.74) is 1.06. The summed E-state index contributed by atoms with van der Waals surface area (Å²) in [5, 5.41) is 9.35. The van der Waals surface area contributed by atoms with Crippen molar-refractivity contribution in [3.63, 3.8) is 0 Å². The monoisotopic (exact) mass is 293 g/mol. The van der Waals surface area contributed by atoms with E-state index in [9.17, 15) is 9.90 Å². The Morgan fingerprint density at radius 1 is 1.48 bits per heavy atom. The predicted octanol–water partition coefficient (Wildman–Crippen LogP) is 1.44. The molecule has 1 fully saturated rings. The summed E-state index contributed by atoms with van der Waals surface area (Å²) < 4.78 is 10.9. The Bertz CT molecular complexity index is 501. The number of rotatable bonds is 4. The molecular weight excluding hydrogens is 270 g/mol. The molecule has 1 aliphatic rings. The van der Waals surface area contributed by atoms with Gasteiger partial charge in [-0.25, -0.2) is 0 Å². The molecule has 5 nitrogen and oxygen atoms in total. The Morgan fingerprint density at radius 2 is 2.19 bits per heavy atom. The fourth-order valence-electron chi connectivity index (χ4n) is 2.73. The van der Waals surface area contributed by atoms with Crippen LogP contribution in [0.4, 0.5) is 0 Å². The molecule has 1 aromatic carbocycles. The molecule has 5 heteroatoms. The number of morpholine rings is 1. The summed E-state index contributed by atoms with van der Waals surface area (Å²) >= 11 is 0. The van der Waals surface area contributed by atoms with Crippen LogP contribution < -0.4 is 0 Å². The summed E-state index contributed by atoms with van der Waals surface area (Å²) in [7, 11) is 1.61. The van der Waals surface area contributed by atoms with Crippen molar-refractivity contribution in [2.45, 2.75) is 32.2 Å². The van der Waals surface area contributed by atoms with Crippen molar-refractivity contribution < 1.29 is 19.4 Å². The zero-order valence-corrected chi connectivity index (χ0v) is 12.8. The fourth-order valence-corrected chi connectivity index (χ4v) is 2.73. The Kier molecular flexibility index (Phi) is 4.98. The van der Waals surface area contributed by atoms with Gasteiger partial charge in [0.2, 0.25) is 0 Å². The molecule has 0 saturated carbocycles. The minimum Gasteiger partial charge on any atom is -0.394 e. The molecule has 116 valence electrons. The van der Waals surface area contributed by atoms with Crippen LogP contribution in [0.15, 0.2) is 24.3 Å². The number of amides is 1. The van der Waals surface area contributed by atoms with Crippen LogP contribution in [-0.2, 0) is 16.1 Å².